The van der Waals surface area contributed by atoms with Crippen LogP contribution in [-0.2, 0) is 16.8 Å². The lowest BCUT2D eigenvalue weighted by Crippen LogP contribution is -2.39. The number of carbonyl (C=O) groups excluding carboxylic acids is 1. The van der Waals surface area contributed by atoms with E-state index in [0.29, 0.717) is 29.4 Å². The summed E-state index contributed by atoms with van der Waals surface area (Å²) in [4.78, 5) is 25.8. The predicted octanol–water partition coefficient (Wildman–Crippen LogP) is 3.95. The fourth-order valence-corrected chi connectivity index (χ4v) is 5.75. The lowest BCUT2D eigenvalue weighted by atomic mass is 9.79. The highest BCUT2D eigenvalue weighted by Gasteiger charge is 2.35. The Kier molecular flexibility index (Phi) is 6.24. The summed E-state index contributed by atoms with van der Waals surface area (Å²) in [6.45, 7) is 4.72. The highest BCUT2D eigenvalue weighted by atomic mass is 32.2. The molecule has 1 fully saturated rings. The number of aromatic nitrogens is 4. The molecule has 0 spiro atoms. The molecular weight excluding hydrogens is 446 g/mol. The van der Waals surface area contributed by atoms with Gasteiger partial charge in [0.25, 0.3) is 5.56 Å². The third-order valence-electron chi connectivity index (χ3n) is 6.69. The number of amides is 1. The monoisotopic (exact) mass is 473 g/mol. The average molecular weight is 474 g/mol. The number of hydrogen-bond acceptors (Lipinski definition) is 5. The first-order chi connectivity index (χ1) is 16.6. The van der Waals surface area contributed by atoms with E-state index in [2.05, 4.69) is 46.4 Å². The molecule has 7 nitrogen and oxygen atoms in total. The summed E-state index contributed by atoms with van der Waals surface area (Å²) >= 11 is 1.33. The number of fused-ring (bicyclic) bond motifs is 3. The molecule has 0 saturated heterocycles. The van der Waals surface area contributed by atoms with Gasteiger partial charge >= 0.3 is 0 Å². The minimum absolute atomic E-state index is 0.0140. The van der Waals surface area contributed by atoms with Gasteiger partial charge in [-0.25, -0.2) is 0 Å². The summed E-state index contributed by atoms with van der Waals surface area (Å²) in [5.41, 5.74) is 1.91. The summed E-state index contributed by atoms with van der Waals surface area (Å²) in [7, 11) is 0. The van der Waals surface area contributed by atoms with Gasteiger partial charge in [0, 0.05) is 18.5 Å². The molecule has 4 aromatic rings. The fraction of sp³-hybridized carbons (Fsp3) is 0.308. The second-order valence-corrected chi connectivity index (χ2v) is 9.70. The predicted molar refractivity (Wildman–Crippen MR) is 135 cm³/mol. The van der Waals surface area contributed by atoms with Gasteiger partial charge in [0.1, 0.15) is 0 Å². The van der Waals surface area contributed by atoms with Gasteiger partial charge in [0.05, 0.1) is 16.7 Å². The molecular formula is C26H27N5O2S. The smallest absolute Gasteiger partial charge is 0.263 e. The Bertz CT molecular complexity index is 1400. The van der Waals surface area contributed by atoms with Crippen LogP contribution in [0.15, 0.2) is 77.2 Å². The number of thioether (sulfide) groups is 1. The average Bonchev–Trinajstić information content (AvgIpc) is 3.53. The minimum atomic E-state index is -0.132. The molecule has 1 aliphatic carbocycles. The second kappa shape index (κ2) is 9.46. The zero-order valence-electron chi connectivity index (χ0n) is 18.9. The third kappa shape index (κ3) is 4.03. The zero-order chi connectivity index (χ0) is 23.5. The maximum absolute atomic E-state index is 12.9. The summed E-state index contributed by atoms with van der Waals surface area (Å²) in [5.74, 6) is 0.633. The van der Waals surface area contributed by atoms with Crippen molar-refractivity contribution in [3.63, 3.8) is 0 Å². The van der Waals surface area contributed by atoms with Crippen molar-refractivity contribution in [2.45, 2.75) is 42.8 Å². The van der Waals surface area contributed by atoms with Crippen LogP contribution in [0.4, 0.5) is 0 Å². The molecule has 8 heteroatoms. The highest BCUT2D eigenvalue weighted by molar-refractivity contribution is 7.99. The van der Waals surface area contributed by atoms with Gasteiger partial charge in [-0.05, 0) is 30.5 Å². The van der Waals surface area contributed by atoms with Crippen LogP contribution < -0.4 is 10.9 Å². The molecule has 0 aliphatic heterocycles. The Morgan fingerprint density at radius 2 is 1.82 bits per heavy atom. The lowest BCUT2D eigenvalue weighted by Gasteiger charge is -2.30. The molecule has 2 heterocycles. The van der Waals surface area contributed by atoms with Crippen LogP contribution in [0.5, 0.6) is 0 Å². The van der Waals surface area contributed by atoms with Crippen molar-refractivity contribution in [1.29, 1.82) is 0 Å². The van der Waals surface area contributed by atoms with Crippen LogP contribution in [-0.4, -0.2) is 37.4 Å². The van der Waals surface area contributed by atoms with E-state index in [9.17, 15) is 9.59 Å². The Balaban J connectivity index is 1.36. The first-order valence-electron chi connectivity index (χ1n) is 11.6. The number of hydrogen-bond donors (Lipinski definition) is 1. The van der Waals surface area contributed by atoms with Crippen LogP contribution in [0.25, 0.3) is 16.7 Å². The van der Waals surface area contributed by atoms with Crippen molar-refractivity contribution < 1.29 is 4.79 Å². The van der Waals surface area contributed by atoms with Gasteiger partial charge in [0.2, 0.25) is 11.7 Å². The van der Waals surface area contributed by atoms with Gasteiger partial charge in [-0.1, -0.05) is 73.1 Å². The Labute approximate surface area is 201 Å². The van der Waals surface area contributed by atoms with Gasteiger partial charge in [-0.15, -0.1) is 16.8 Å². The normalized spacial score (nSPS) is 15.1. The Morgan fingerprint density at radius 3 is 2.59 bits per heavy atom. The van der Waals surface area contributed by atoms with E-state index in [1.165, 1.54) is 30.2 Å². The van der Waals surface area contributed by atoms with Crippen LogP contribution in [0.2, 0.25) is 0 Å². The molecule has 0 atom stereocenters. The standard InChI is InChI=1S/C26H27N5O2S/c1-2-16-30-23(33)20-12-6-7-13-21(20)31-24(30)28-29-25(31)34-17-22(32)27-18-26(14-8-9-15-26)19-10-4-3-5-11-19/h2-7,10-13H,1,8-9,14-18H2,(H,27,32). The van der Waals surface area contributed by atoms with Crippen molar-refractivity contribution in [3.05, 3.63) is 83.2 Å². The maximum atomic E-state index is 12.9. The van der Waals surface area contributed by atoms with Gasteiger partial charge < -0.3 is 5.32 Å². The summed E-state index contributed by atoms with van der Waals surface area (Å²) in [5, 5.41) is 12.9. The largest absolute Gasteiger partial charge is 0.354 e. The van der Waals surface area contributed by atoms with Crippen molar-refractivity contribution >= 4 is 34.3 Å². The second-order valence-electron chi connectivity index (χ2n) is 8.76. The SMILES string of the molecule is C=CCn1c(=O)c2ccccc2n2c(SCC(=O)NCC3(c4ccccc4)CCCC3)nnc12. The molecule has 0 bridgehead atoms. The maximum Gasteiger partial charge on any atom is 0.263 e. The number of rotatable bonds is 8. The number of allylic oxidation sites excluding steroid dienone is 1. The molecule has 174 valence electrons. The van der Waals surface area contributed by atoms with Crippen LogP contribution in [0.1, 0.15) is 31.2 Å². The number of nitrogens with one attached hydrogen (secondary N) is 1. The van der Waals surface area contributed by atoms with Crippen LogP contribution >= 0.6 is 11.8 Å². The van der Waals surface area contributed by atoms with Gasteiger partial charge in [-0.2, -0.15) is 0 Å². The highest BCUT2D eigenvalue weighted by Crippen LogP contribution is 2.40. The topological polar surface area (TPSA) is 81.3 Å². The molecule has 1 amide bonds. The Morgan fingerprint density at radius 1 is 1.09 bits per heavy atom. The first-order valence-corrected chi connectivity index (χ1v) is 12.5. The zero-order valence-corrected chi connectivity index (χ0v) is 19.8. The molecule has 1 saturated carbocycles. The lowest BCUT2D eigenvalue weighted by molar-refractivity contribution is -0.118. The molecule has 34 heavy (non-hydrogen) atoms. The summed E-state index contributed by atoms with van der Waals surface area (Å²) in [6.07, 6.45) is 6.21. The van der Waals surface area contributed by atoms with Crippen molar-refractivity contribution in [2.75, 3.05) is 12.3 Å². The van der Waals surface area contributed by atoms with E-state index in [1.54, 1.807) is 16.7 Å². The van der Waals surface area contributed by atoms with E-state index in [-0.39, 0.29) is 22.6 Å². The van der Waals surface area contributed by atoms with Crippen LogP contribution in [0, 0.1) is 0 Å². The summed E-state index contributed by atoms with van der Waals surface area (Å²) < 4.78 is 3.40. The number of carbonyl (C=O) groups is 1. The van der Waals surface area contributed by atoms with E-state index >= 15 is 0 Å². The quantitative estimate of drug-likeness (QED) is 0.310. The summed E-state index contributed by atoms with van der Waals surface area (Å²) in [6, 6.07) is 17.9. The first kappa shape index (κ1) is 22.4. The number of nitrogens with zero attached hydrogens (tertiary/aromatic N) is 4. The van der Waals surface area contributed by atoms with Gasteiger partial charge in [-0.3, -0.25) is 18.6 Å². The van der Waals surface area contributed by atoms with E-state index in [1.807, 2.05) is 28.7 Å². The van der Waals surface area contributed by atoms with E-state index in [4.69, 9.17) is 0 Å². The Hall–Kier alpha value is -3.39. The van der Waals surface area contributed by atoms with E-state index in [0.717, 1.165) is 18.4 Å². The molecule has 2 aromatic carbocycles. The molecule has 0 radical (unpaired) electrons. The third-order valence-corrected chi connectivity index (χ3v) is 7.62. The van der Waals surface area contributed by atoms with Crippen molar-refractivity contribution in [2.24, 2.45) is 0 Å². The fourth-order valence-electron chi connectivity index (χ4n) is 4.98. The van der Waals surface area contributed by atoms with E-state index < -0.39 is 0 Å². The molecule has 1 N–H and O–H groups in total. The number of benzene rings is 2. The number of para-hydroxylation sites is 1. The van der Waals surface area contributed by atoms with Gasteiger partial charge in [0.15, 0.2) is 5.16 Å². The molecule has 1 aliphatic rings. The molecule has 2 aromatic heterocycles. The van der Waals surface area contributed by atoms with Crippen molar-refractivity contribution in [3.8, 4) is 0 Å². The minimum Gasteiger partial charge on any atom is -0.354 e. The molecule has 5 rings (SSSR count). The van der Waals surface area contributed by atoms with Crippen LogP contribution in [0.3, 0.4) is 0 Å². The van der Waals surface area contributed by atoms with Crippen molar-refractivity contribution in [1.82, 2.24) is 24.5 Å². The molecule has 0 unspecified atom stereocenters.